The smallest absolute Gasteiger partial charge is 0.282 e. The third-order valence-electron chi connectivity index (χ3n) is 3.97. The summed E-state index contributed by atoms with van der Waals surface area (Å²) < 4.78 is 0. The summed E-state index contributed by atoms with van der Waals surface area (Å²) in [7, 11) is 0. The molecule has 0 saturated carbocycles. The first-order chi connectivity index (χ1) is 12.4. The zero-order valence-electron chi connectivity index (χ0n) is 13.4. The molecule has 3 rings (SSSR count). The van der Waals surface area contributed by atoms with Crippen LogP contribution in [0.4, 0.5) is 10.7 Å². The van der Waals surface area contributed by atoms with Crippen LogP contribution in [-0.2, 0) is 12.8 Å². The molecule has 1 heterocycles. The molecule has 1 aromatic carbocycles. The molecule has 4 N–H and O–H groups in total. The van der Waals surface area contributed by atoms with Gasteiger partial charge in [0.05, 0.1) is 10.5 Å². The fraction of sp³-hybridized carbons (Fsp3) is 0.188. The number of nitrogens with one attached hydrogen (secondary N) is 2. The fourth-order valence-corrected chi connectivity index (χ4v) is 4.44. The van der Waals surface area contributed by atoms with Crippen molar-refractivity contribution in [2.75, 3.05) is 5.32 Å². The number of nitrogens with zero attached hydrogens (tertiary/aromatic N) is 1. The van der Waals surface area contributed by atoms with Crippen LogP contribution in [0.2, 0.25) is 0 Å². The van der Waals surface area contributed by atoms with Gasteiger partial charge in [0, 0.05) is 10.9 Å². The lowest BCUT2D eigenvalue weighted by atomic mass is 10.1. The lowest BCUT2D eigenvalue weighted by Crippen LogP contribution is -2.34. The average molecular weight is 390 g/mol. The van der Waals surface area contributed by atoms with Crippen molar-refractivity contribution in [1.82, 2.24) is 5.32 Å². The van der Waals surface area contributed by atoms with Crippen LogP contribution in [-0.4, -0.2) is 21.9 Å². The van der Waals surface area contributed by atoms with E-state index in [2.05, 4.69) is 10.6 Å². The first-order valence-electron chi connectivity index (χ1n) is 7.68. The van der Waals surface area contributed by atoms with E-state index in [-0.39, 0.29) is 16.4 Å². The van der Waals surface area contributed by atoms with Crippen molar-refractivity contribution in [3.05, 3.63) is 55.9 Å². The number of nitro groups is 1. The number of primary amides is 1. The van der Waals surface area contributed by atoms with Gasteiger partial charge in [-0.1, -0.05) is 12.1 Å². The first kappa shape index (κ1) is 18.0. The quantitative estimate of drug-likeness (QED) is 0.418. The number of aryl methyl sites for hydroxylation is 1. The van der Waals surface area contributed by atoms with Crippen LogP contribution in [0.25, 0.3) is 0 Å². The van der Waals surface area contributed by atoms with Gasteiger partial charge in [-0.2, -0.15) is 0 Å². The molecule has 1 aromatic heterocycles. The summed E-state index contributed by atoms with van der Waals surface area (Å²) in [5, 5.41) is 16.7. The highest BCUT2D eigenvalue weighted by Gasteiger charge is 2.26. The second-order valence-corrected chi connectivity index (χ2v) is 7.12. The molecular weight excluding hydrogens is 376 g/mol. The Labute approximate surface area is 157 Å². The van der Waals surface area contributed by atoms with Crippen LogP contribution in [0.3, 0.4) is 0 Å². The molecule has 26 heavy (non-hydrogen) atoms. The molecule has 0 aliphatic heterocycles. The minimum Gasteiger partial charge on any atom is -0.365 e. The highest BCUT2D eigenvalue weighted by molar-refractivity contribution is 7.80. The number of carbonyl (C=O) groups excluding carboxylic acids is 2. The Hall–Kier alpha value is -2.85. The predicted octanol–water partition coefficient (Wildman–Crippen LogP) is 2.37. The number of anilines is 1. The Balaban J connectivity index is 1.77. The Kier molecular flexibility index (Phi) is 4.96. The Morgan fingerprint density at radius 3 is 2.69 bits per heavy atom. The Morgan fingerprint density at radius 1 is 1.27 bits per heavy atom. The number of fused-ring (bicyclic) bond motifs is 1. The number of amides is 2. The normalized spacial score (nSPS) is 12.3. The van der Waals surface area contributed by atoms with Crippen LogP contribution in [0.5, 0.6) is 0 Å². The minimum atomic E-state index is -0.709. The number of rotatable bonds is 4. The molecule has 0 atom stereocenters. The van der Waals surface area contributed by atoms with Gasteiger partial charge < -0.3 is 11.1 Å². The largest absolute Gasteiger partial charge is 0.365 e. The monoisotopic (exact) mass is 390 g/mol. The van der Waals surface area contributed by atoms with Crippen molar-refractivity contribution in [1.29, 1.82) is 0 Å². The van der Waals surface area contributed by atoms with Crippen LogP contribution in [0, 0.1) is 10.1 Å². The van der Waals surface area contributed by atoms with Crippen LogP contribution < -0.4 is 16.4 Å². The third-order valence-corrected chi connectivity index (χ3v) is 5.38. The first-order valence-corrected chi connectivity index (χ1v) is 8.91. The van der Waals surface area contributed by atoms with Gasteiger partial charge in [0.25, 0.3) is 17.5 Å². The number of thiophene rings is 1. The van der Waals surface area contributed by atoms with Gasteiger partial charge in [0.2, 0.25) is 0 Å². The van der Waals surface area contributed by atoms with Crippen molar-refractivity contribution in [3.63, 3.8) is 0 Å². The van der Waals surface area contributed by atoms with E-state index in [9.17, 15) is 19.7 Å². The van der Waals surface area contributed by atoms with E-state index < -0.39 is 16.7 Å². The summed E-state index contributed by atoms with van der Waals surface area (Å²) in [6, 6.07) is 5.57. The van der Waals surface area contributed by atoms with E-state index in [1.165, 1.54) is 35.6 Å². The van der Waals surface area contributed by atoms with Gasteiger partial charge >= 0.3 is 0 Å². The molecule has 134 valence electrons. The van der Waals surface area contributed by atoms with Crippen molar-refractivity contribution >= 4 is 51.2 Å². The zero-order valence-corrected chi connectivity index (χ0v) is 15.0. The molecule has 8 nitrogen and oxygen atoms in total. The maximum atomic E-state index is 12.3. The highest BCUT2D eigenvalue weighted by atomic mass is 32.1. The third kappa shape index (κ3) is 3.41. The van der Waals surface area contributed by atoms with Crippen molar-refractivity contribution in [3.8, 4) is 0 Å². The second kappa shape index (κ2) is 7.18. The van der Waals surface area contributed by atoms with E-state index in [0.717, 1.165) is 29.7 Å². The van der Waals surface area contributed by atoms with Crippen molar-refractivity contribution < 1.29 is 14.5 Å². The maximum absolute atomic E-state index is 12.3. The Morgan fingerprint density at radius 2 is 2.00 bits per heavy atom. The molecule has 0 unspecified atom stereocenters. The predicted molar refractivity (Wildman–Crippen MR) is 102 cm³/mol. The standard InChI is InChI=1S/C16H14N4O4S2/c17-13(21)12-9-5-3-7-11(9)26-15(12)19-16(25)18-14(22)8-4-1-2-6-10(8)20(23)24/h1-2,4,6H,3,5,7H2,(H2,17,21)(H2,18,19,22,25). The van der Waals surface area contributed by atoms with E-state index in [0.29, 0.717) is 10.6 Å². The summed E-state index contributed by atoms with van der Waals surface area (Å²) in [5.74, 6) is -1.26. The molecule has 0 radical (unpaired) electrons. The van der Waals surface area contributed by atoms with Gasteiger partial charge in [-0.15, -0.1) is 11.3 Å². The fourth-order valence-electron chi connectivity index (χ4n) is 2.88. The number of para-hydroxylation sites is 1. The molecular formula is C16H14N4O4S2. The van der Waals surface area contributed by atoms with Crippen LogP contribution in [0.15, 0.2) is 24.3 Å². The maximum Gasteiger partial charge on any atom is 0.282 e. The summed E-state index contributed by atoms with van der Waals surface area (Å²) in [6.45, 7) is 0. The summed E-state index contributed by atoms with van der Waals surface area (Å²) in [6.07, 6.45) is 2.62. The number of thiocarbonyl (C=S) groups is 1. The number of nitro benzene ring substituents is 1. The van der Waals surface area contributed by atoms with Gasteiger partial charge in [-0.3, -0.25) is 25.0 Å². The SMILES string of the molecule is NC(=O)c1c(NC(=S)NC(=O)c2ccccc2[N+](=O)[O-])sc2c1CCC2. The lowest BCUT2D eigenvalue weighted by molar-refractivity contribution is -0.385. The van der Waals surface area contributed by atoms with Crippen LogP contribution in [0.1, 0.15) is 37.6 Å². The molecule has 0 fully saturated rings. The number of hydrogen-bond acceptors (Lipinski definition) is 6. The Bertz CT molecular complexity index is 938. The van der Waals surface area contributed by atoms with E-state index >= 15 is 0 Å². The molecule has 2 amide bonds. The second-order valence-electron chi connectivity index (χ2n) is 5.61. The van der Waals surface area contributed by atoms with Crippen molar-refractivity contribution in [2.45, 2.75) is 19.3 Å². The number of carbonyl (C=O) groups is 2. The van der Waals surface area contributed by atoms with E-state index in [4.69, 9.17) is 18.0 Å². The summed E-state index contributed by atoms with van der Waals surface area (Å²) in [5.41, 5.74) is 6.37. The van der Waals surface area contributed by atoms with E-state index in [1.807, 2.05) is 0 Å². The number of hydrogen-bond donors (Lipinski definition) is 3. The average Bonchev–Trinajstić information content (AvgIpc) is 3.14. The molecule has 1 aliphatic carbocycles. The molecule has 1 aliphatic rings. The van der Waals surface area contributed by atoms with Crippen molar-refractivity contribution in [2.24, 2.45) is 5.73 Å². The topological polar surface area (TPSA) is 127 Å². The molecule has 2 aromatic rings. The number of nitrogens with two attached hydrogens (primary N) is 1. The van der Waals surface area contributed by atoms with Crippen LogP contribution >= 0.6 is 23.6 Å². The van der Waals surface area contributed by atoms with E-state index in [1.54, 1.807) is 0 Å². The highest BCUT2D eigenvalue weighted by Crippen LogP contribution is 2.38. The minimum absolute atomic E-state index is 0.0597. The number of benzene rings is 1. The van der Waals surface area contributed by atoms with Gasteiger partial charge in [-0.05, 0) is 43.1 Å². The summed E-state index contributed by atoms with van der Waals surface area (Å²) >= 11 is 6.49. The molecule has 0 spiro atoms. The lowest BCUT2D eigenvalue weighted by Gasteiger charge is -2.10. The van der Waals surface area contributed by atoms with Gasteiger partial charge in [0.1, 0.15) is 10.6 Å². The zero-order chi connectivity index (χ0) is 18.8. The molecule has 10 heteroatoms. The molecule has 0 bridgehead atoms. The van der Waals surface area contributed by atoms with Gasteiger partial charge in [0.15, 0.2) is 5.11 Å². The summed E-state index contributed by atoms with van der Waals surface area (Å²) in [4.78, 5) is 35.5. The molecule has 0 saturated heterocycles. The van der Waals surface area contributed by atoms with Gasteiger partial charge in [-0.25, -0.2) is 0 Å².